The van der Waals surface area contributed by atoms with E-state index in [-0.39, 0.29) is 0 Å². The molecule has 0 radical (unpaired) electrons. The molecule has 0 heterocycles. The molecule has 1 aliphatic carbocycles. The Morgan fingerprint density at radius 3 is 2.67 bits per heavy atom. The molecule has 0 amide bonds. The van der Waals surface area contributed by atoms with Crippen molar-refractivity contribution in [1.29, 1.82) is 0 Å². The Hall–Kier alpha value is -0.820. The van der Waals surface area contributed by atoms with Crippen LogP contribution >= 0.6 is 0 Å². The van der Waals surface area contributed by atoms with Crippen LogP contribution in [0.1, 0.15) is 62.8 Å². The molecular weight excluding hydrogens is 218 g/mol. The van der Waals surface area contributed by atoms with Crippen molar-refractivity contribution in [2.75, 3.05) is 6.54 Å². The molecule has 1 atom stereocenters. The normalized spacial score (nSPS) is 16.0. The fraction of sp³-hybridized carbons (Fsp3) is 0.647. The van der Waals surface area contributed by atoms with Gasteiger partial charge < -0.3 is 5.32 Å². The topological polar surface area (TPSA) is 12.0 Å². The van der Waals surface area contributed by atoms with Crippen molar-refractivity contribution in [3.63, 3.8) is 0 Å². The molecule has 1 N–H and O–H groups in total. The number of benzene rings is 1. The molecule has 100 valence electrons. The molecule has 1 aromatic rings. The van der Waals surface area contributed by atoms with Crippen molar-refractivity contribution < 1.29 is 0 Å². The quantitative estimate of drug-likeness (QED) is 0.789. The molecule has 0 bridgehead atoms. The number of fused-ring (bicyclic) bond motifs is 1. The Kier molecular flexibility index (Phi) is 4.82. The zero-order valence-electron chi connectivity index (χ0n) is 12.1. The van der Waals surface area contributed by atoms with Gasteiger partial charge in [-0.25, -0.2) is 0 Å². The predicted molar refractivity (Wildman–Crippen MR) is 79.0 cm³/mol. The molecule has 1 aliphatic rings. The summed E-state index contributed by atoms with van der Waals surface area (Å²) in [6.07, 6.45) is 6.35. The second-order valence-electron chi connectivity index (χ2n) is 6.02. The summed E-state index contributed by atoms with van der Waals surface area (Å²) in [4.78, 5) is 0. The molecule has 0 fully saturated rings. The summed E-state index contributed by atoms with van der Waals surface area (Å²) in [5.74, 6) is 0.743. The van der Waals surface area contributed by atoms with Crippen molar-refractivity contribution in [3.8, 4) is 0 Å². The lowest BCUT2D eigenvalue weighted by molar-refractivity contribution is 0.430. The first-order valence-electron chi connectivity index (χ1n) is 7.55. The maximum absolute atomic E-state index is 3.71. The monoisotopic (exact) mass is 245 g/mol. The van der Waals surface area contributed by atoms with E-state index in [0.29, 0.717) is 6.04 Å². The van der Waals surface area contributed by atoms with Gasteiger partial charge in [0, 0.05) is 6.04 Å². The summed E-state index contributed by atoms with van der Waals surface area (Å²) in [5.41, 5.74) is 4.68. The maximum atomic E-state index is 3.71. The highest BCUT2D eigenvalue weighted by Crippen LogP contribution is 2.28. The molecule has 0 saturated heterocycles. The van der Waals surface area contributed by atoms with Gasteiger partial charge in [-0.3, -0.25) is 0 Å². The van der Waals surface area contributed by atoms with Crippen LogP contribution in [0.2, 0.25) is 0 Å². The number of nitrogens with one attached hydrogen (secondary N) is 1. The van der Waals surface area contributed by atoms with E-state index in [2.05, 4.69) is 44.3 Å². The summed E-state index contributed by atoms with van der Waals surface area (Å²) in [6.45, 7) is 7.98. The van der Waals surface area contributed by atoms with E-state index in [1.807, 2.05) is 0 Å². The third-order valence-electron chi connectivity index (χ3n) is 3.87. The third-order valence-corrected chi connectivity index (χ3v) is 3.87. The second kappa shape index (κ2) is 6.38. The number of rotatable bonds is 6. The molecule has 1 aromatic carbocycles. The van der Waals surface area contributed by atoms with Crippen LogP contribution in [0.25, 0.3) is 0 Å². The van der Waals surface area contributed by atoms with Crippen molar-refractivity contribution in [3.05, 3.63) is 34.9 Å². The Labute approximate surface area is 112 Å². The Balaban J connectivity index is 2.13. The van der Waals surface area contributed by atoms with Crippen LogP contribution in [0, 0.1) is 5.92 Å². The molecule has 1 unspecified atom stereocenters. The van der Waals surface area contributed by atoms with Crippen molar-refractivity contribution in [1.82, 2.24) is 5.32 Å². The van der Waals surface area contributed by atoms with E-state index >= 15 is 0 Å². The molecule has 1 nitrogen and oxygen atoms in total. The van der Waals surface area contributed by atoms with Gasteiger partial charge in [0.2, 0.25) is 0 Å². The summed E-state index contributed by atoms with van der Waals surface area (Å²) >= 11 is 0. The first-order valence-corrected chi connectivity index (χ1v) is 7.55. The van der Waals surface area contributed by atoms with Crippen molar-refractivity contribution in [2.45, 2.75) is 58.9 Å². The first-order chi connectivity index (χ1) is 8.70. The maximum Gasteiger partial charge on any atom is 0.0322 e. The van der Waals surface area contributed by atoms with Gasteiger partial charge in [0.05, 0.1) is 0 Å². The van der Waals surface area contributed by atoms with Crippen molar-refractivity contribution >= 4 is 0 Å². The zero-order chi connectivity index (χ0) is 13.0. The molecule has 18 heavy (non-hydrogen) atoms. The third kappa shape index (κ3) is 3.35. The average Bonchev–Trinajstić information content (AvgIpc) is 2.81. The van der Waals surface area contributed by atoms with Crippen LogP contribution in [0.5, 0.6) is 0 Å². The van der Waals surface area contributed by atoms with Gasteiger partial charge in [0.1, 0.15) is 0 Å². The van der Waals surface area contributed by atoms with Crippen LogP contribution in [0.3, 0.4) is 0 Å². The fourth-order valence-electron chi connectivity index (χ4n) is 2.94. The van der Waals surface area contributed by atoms with Gasteiger partial charge in [0.25, 0.3) is 0 Å². The van der Waals surface area contributed by atoms with E-state index < -0.39 is 0 Å². The zero-order valence-corrected chi connectivity index (χ0v) is 12.1. The standard InChI is InChI=1S/C17H27N/c1-4-10-18-17(11-13(2)3)16-9-8-14-6-5-7-15(14)12-16/h8-9,12-13,17-18H,4-7,10-11H2,1-3H3. The van der Waals surface area contributed by atoms with Crippen LogP contribution in [-0.2, 0) is 12.8 Å². The lowest BCUT2D eigenvalue weighted by atomic mass is 9.94. The van der Waals surface area contributed by atoms with Crippen molar-refractivity contribution in [2.24, 2.45) is 5.92 Å². The molecule has 0 aliphatic heterocycles. The van der Waals surface area contributed by atoms with Crippen LogP contribution in [-0.4, -0.2) is 6.54 Å². The predicted octanol–water partition coefficient (Wildman–Crippen LogP) is 4.26. The number of aryl methyl sites for hydroxylation is 2. The summed E-state index contributed by atoms with van der Waals surface area (Å²) in [5, 5.41) is 3.71. The smallest absolute Gasteiger partial charge is 0.0322 e. The van der Waals surface area contributed by atoms with Gasteiger partial charge in [0.15, 0.2) is 0 Å². The highest BCUT2D eigenvalue weighted by molar-refractivity contribution is 5.36. The molecular formula is C17H27N. The van der Waals surface area contributed by atoms with E-state index in [1.165, 1.54) is 37.7 Å². The fourth-order valence-corrected chi connectivity index (χ4v) is 2.94. The molecule has 0 saturated carbocycles. The Bertz CT molecular complexity index is 381. The van der Waals surface area contributed by atoms with Crippen LogP contribution in [0.4, 0.5) is 0 Å². The van der Waals surface area contributed by atoms with E-state index in [9.17, 15) is 0 Å². The SMILES string of the molecule is CCCNC(CC(C)C)c1ccc2c(c1)CCC2. The van der Waals surface area contributed by atoms with Crippen LogP contribution in [0.15, 0.2) is 18.2 Å². The Morgan fingerprint density at radius 1 is 1.17 bits per heavy atom. The minimum absolute atomic E-state index is 0.538. The lowest BCUT2D eigenvalue weighted by Gasteiger charge is -2.21. The van der Waals surface area contributed by atoms with Gasteiger partial charge >= 0.3 is 0 Å². The van der Waals surface area contributed by atoms with E-state index in [0.717, 1.165) is 12.5 Å². The molecule has 0 spiro atoms. The average molecular weight is 245 g/mol. The first kappa shape index (κ1) is 13.6. The van der Waals surface area contributed by atoms with E-state index in [4.69, 9.17) is 0 Å². The second-order valence-corrected chi connectivity index (χ2v) is 6.02. The molecule has 0 aromatic heterocycles. The summed E-state index contributed by atoms with van der Waals surface area (Å²) in [7, 11) is 0. The van der Waals surface area contributed by atoms with E-state index in [1.54, 1.807) is 11.1 Å². The van der Waals surface area contributed by atoms with Gasteiger partial charge in [-0.2, -0.15) is 0 Å². The molecule has 2 rings (SSSR count). The highest BCUT2D eigenvalue weighted by atomic mass is 14.9. The minimum atomic E-state index is 0.538. The van der Waals surface area contributed by atoms with Gasteiger partial charge in [-0.05, 0) is 61.3 Å². The summed E-state index contributed by atoms with van der Waals surface area (Å²) < 4.78 is 0. The summed E-state index contributed by atoms with van der Waals surface area (Å²) in [6, 6.07) is 7.70. The Morgan fingerprint density at radius 2 is 1.94 bits per heavy atom. The number of hydrogen-bond donors (Lipinski definition) is 1. The van der Waals surface area contributed by atoms with Gasteiger partial charge in [-0.1, -0.05) is 39.0 Å². The highest BCUT2D eigenvalue weighted by Gasteiger charge is 2.16. The number of hydrogen-bond acceptors (Lipinski definition) is 1. The van der Waals surface area contributed by atoms with Gasteiger partial charge in [-0.15, -0.1) is 0 Å². The minimum Gasteiger partial charge on any atom is -0.310 e. The van der Waals surface area contributed by atoms with Crippen LogP contribution < -0.4 is 5.32 Å². The molecule has 1 heteroatoms. The largest absolute Gasteiger partial charge is 0.310 e. The lowest BCUT2D eigenvalue weighted by Crippen LogP contribution is -2.23.